The van der Waals surface area contributed by atoms with Gasteiger partial charge in [-0.3, -0.25) is 4.79 Å². The normalized spacial score (nSPS) is 11.0. The molecule has 3 nitrogen and oxygen atoms in total. The van der Waals surface area contributed by atoms with Gasteiger partial charge < -0.3 is 9.15 Å². The van der Waals surface area contributed by atoms with Gasteiger partial charge in [-0.05, 0) is 23.6 Å². The van der Waals surface area contributed by atoms with Crippen molar-refractivity contribution in [1.29, 1.82) is 0 Å². The maximum absolute atomic E-state index is 11.9. The van der Waals surface area contributed by atoms with Crippen molar-refractivity contribution in [2.24, 2.45) is 0 Å². The molecule has 0 saturated carbocycles. The van der Waals surface area contributed by atoms with Crippen LogP contribution < -0.4 is 10.2 Å². The van der Waals surface area contributed by atoms with E-state index in [9.17, 15) is 4.79 Å². The second-order valence-electron chi connectivity index (χ2n) is 3.94. The average molecular weight is 261 g/mol. The molecule has 0 aliphatic rings. The van der Waals surface area contributed by atoms with E-state index in [2.05, 4.69) is 0 Å². The molecular formula is C14H9ClO3. The number of ether oxygens (including phenoxy) is 1. The van der Waals surface area contributed by atoms with Crippen molar-refractivity contribution in [1.82, 2.24) is 0 Å². The Hall–Kier alpha value is -2.00. The van der Waals surface area contributed by atoms with Crippen LogP contribution in [0.15, 0.2) is 45.6 Å². The summed E-state index contributed by atoms with van der Waals surface area (Å²) in [5, 5.41) is 2.88. The van der Waals surface area contributed by atoms with Crippen molar-refractivity contribution in [3.8, 4) is 5.95 Å². The van der Waals surface area contributed by atoms with Crippen LogP contribution in [0.1, 0.15) is 0 Å². The molecule has 90 valence electrons. The number of benzene rings is 2. The van der Waals surface area contributed by atoms with Gasteiger partial charge in [0.2, 0.25) is 0 Å². The van der Waals surface area contributed by atoms with Gasteiger partial charge in [-0.1, -0.05) is 23.7 Å². The van der Waals surface area contributed by atoms with Crippen LogP contribution in [0, 0.1) is 0 Å². The van der Waals surface area contributed by atoms with Gasteiger partial charge in [0.05, 0.1) is 18.6 Å². The number of fused-ring (bicyclic) bond motifs is 3. The molecular weight excluding hydrogens is 252 g/mol. The van der Waals surface area contributed by atoms with E-state index >= 15 is 0 Å². The molecule has 2 aromatic carbocycles. The summed E-state index contributed by atoms with van der Waals surface area (Å²) in [6.45, 7) is 0. The van der Waals surface area contributed by atoms with Crippen molar-refractivity contribution in [2.45, 2.75) is 0 Å². The summed E-state index contributed by atoms with van der Waals surface area (Å²) in [5.74, 6) is 0.194. The summed E-state index contributed by atoms with van der Waals surface area (Å²) in [4.78, 5) is 11.9. The second kappa shape index (κ2) is 4.03. The van der Waals surface area contributed by atoms with Crippen molar-refractivity contribution < 1.29 is 9.15 Å². The largest absolute Gasteiger partial charge is 0.468 e. The van der Waals surface area contributed by atoms with Crippen LogP contribution in [0.5, 0.6) is 5.95 Å². The van der Waals surface area contributed by atoms with Gasteiger partial charge in [0.1, 0.15) is 5.58 Å². The van der Waals surface area contributed by atoms with Gasteiger partial charge in [-0.15, -0.1) is 0 Å². The monoisotopic (exact) mass is 260 g/mol. The molecule has 0 amide bonds. The molecule has 0 aliphatic heterocycles. The third-order valence-corrected chi connectivity index (χ3v) is 3.09. The summed E-state index contributed by atoms with van der Waals surface area (Å²) in [6.07, 6.45) is 0. The van der Waals surface area contributed by atoms with E-state index < -0.39 is 0 Å². The highest BCUT2D eigenvalue weighted by molar-refractivity contribution is 6.31. The predicted molar refractivity (Wildman–Crippen MR) is 71.6 cm³/mol. The van der Waals surface area contributed by atoms with Crippen LogP contribution >= 0.6 is 11.6 Å². The lowest BCUT2D eigenvalue weighted by molar-refractivity contribution is 0.310. The summed E-state index contributed by atoms with van der Waals surface area (Å²) in [7, 11) is 1.46. The molecule has 0 saturated heterocycles. The van der Waals surface area contributed by atoms with E-state index in [1.807, 2.05) is 12.1 Å². The van der Waals surface area contributed by atoms with Crippen LogP contribution in [0.2, 0.25) is 5.02 Å². The Morgan fingerprint density at radius 3 is 2.67 bits per heavy atom. The predicted octanol–water partition coefficient (Wildman–Crippen LogP) is 3.61. The number of hydrogen-bond donors (Lipinski definition) is 0. The van der Waals surface area contributed by atoms with E-state index in [1.54, 1.807) is 18.2 Å². The Balaban J connectivity index is 2.55. The minimum absolute atomic E-state index is 0.130. The lowest BCUT2D eigenvalue weighted by Gasteiger charge is -2.05. The molecule has 0 bridgehead atoms. The van der Waals surface area contributed by atoms with Gasteiger partial charge in [-0.25, -0.2) is 0 Å². The van der Waals surface area contributed by atoms with Gasteiger partial charge >= 0.3 is 0 Å². The van der Waals surface area contributed by atoms with E-state index in [0.29, 0.717) is 16.0 Å². The summed E-state index contributed by atoms with van der Waals surface area (Å²) in [5.41, 5.74) is 0.370. The first-order valence-electron chi connectivity index (χ1n) is 5.39. The molecule has 0 N–H and O–H groups in total. The van der Waals surface area contributed by atoms with Gasteiger partial charge in [0.15, 0.2) is 5.43 Å². The van der Waals surface area contributed by atoms with E-state index in [-0.39, 0.29) is 11.4 Å². The molecule has 0 fully saturated rings. The van der Waals surface area contributed by atoms with E-state index in [1.165, 1.54) is 13.2 Å². The molecule has 3 rings (SSSR count). The maximum Gasteiger partial charge on any atom is 0.288 e. The SMILES string of the molecule is COc1cc(=O)c2ccc3ccc(Cl)cc3c2o1. The molecule has 0 radical (unpaired) electrons. The maximum atomic E-state index is 11.9. The molecule has 1 aromatic heterocycles. The Morgan fingerprint density at radius 2 is 1.89 bits per heavy atom. The van der Waals surface area contributed by atoms with Gasteiger partial charge in [0.25, 0.3) is 5.95 Å². The molecule has 0 atom stereocenters. The molecule has 1 heterocycles. The smallest absolute Gasteiger partial charge is 0.288 e. The highest BCUT2D eigenvalue weighted by Gasteiger charge is 2.09. The first kappa shape index (κ1) is 11.1. The average Bonchev–Trinajstić information content (AvgIpc) is 2.38. The van der Waals surface area contributed by atoms with Gasteiger partial charge in [0, 0.05) is 10.4 Å². The number of halogens is 1. The number of rotatable bonds is 1. The van der Waals surface area contributed by atoms with Gasteiger partial charge in [-0.2, -0.15) is 0 Å². The lowest BCUT2D eigenvalue weighted by Crippen LogP contribution is -2.00. The topological polar surface area (TPSA) is 39.4 Å². The Kier molecular flexibility index (Phi) is 2.49. The third-order valence-electron chi connectivity index (χ3n) is 2.85. The van der Waals surface area contributed by atoms with E-state index in [0.717, 1.165) is 10.8 Å². The summed E-state index contributed by atoms with van der Waals surface area (Å²) in [6, 6.07) is 10.4. The fraction of sp³-hybridized carbons (Fsp3) is 0.0714. The minimum Gasteiger partial charge on any atom is -0.468 e. The minimum atomic E-state index is -0.130. The Bertz CT molecular complexity index is 805. The molecule has 0 aliphatic carbocycles. The van der Waals surface area contributed by atoms with Crippen molar-refractivity contribution >= 4 is 33.3 Å². The second-order valence-corrected chi connectivity index (χ2v) is 4.38. The molecule has 0 unspecified atom stereocenters. The summed E-state index contributed by atoms with van der Waals surface area (Å²) >= 11 is 5.98. The van der Waals surface area contributed by atoms with E-state index in [4.69, 9.17) is 20.8 Å². The van der Waals surface area contributed by atoms with Crippen LogP contribution in [-0.2, 0) is 0 Å². The van der Waals surface area contributed by atoms with Crippen molar-refractivity contribution in [3.63, 3.8) is 0 Å². The first-order chi connectivity index (χ1) is 8.69. The molecule has 18 heavy (non-hydrogen) atoms. The summed E-state index contributed by atoms with van der Waals surface area (Å²) < 4.78 is 10.6. The standard InChI is InChI=1S/C14H9ClO3/c1-17-13-7-12(16)10-5-3-8-2-4-9(15)6-11(8)14(10)18-13/h2-7H,1H3. The number of methoxy groups -OCH3 is 1. The van der Waals surface area contributed by atoms with Crippen LogP contribution in [-0.4, -0.2) is 7.11 Å². The van der Waals surface area contributed by atoms with Crippen LogP contribution in [0.3, 0.4) is 0 Å². The van der Waals surface area contributed by atoms with Crippen molar-refractivity contribution in [2.75, 3.05) is 7.11 Å². The van der Waals surface area contributed by atoms with Crippen molar-refractivity contribution in [3.05, 3.63) is 51.6 Å². The fourth-order valence-corrected chi connectivity index (χ4v) is 2.16. The number of hydrogen-bond acceptors (Lipinski definition) is 3. The zero-order valence-electron chi connectivity index (χ0n) is 9.57. The Morgan fingerprint density at radius 1 is 1.11 bits per heavy atom. The zero-order chi connectivity index (χ0) is 12.7. The molecule has 0 spiro atoms. The Labute approximate surface area is 108 Å². The zero-order valence-corrected chi connectivity index (χ0v) is 10.3. The van der Waals surface area contributed by atoms with Crippen LogP contribution in [0.4, 0.5) is 0 Å². The third kappa shape index (κ3) is 1.64. The quantitative estimate of drug-likeness (QED) is 0.628. The fourth-order valence-electron chi connectivity index (χ4n) is 1.98. The van der Waals surface area contributed by atoms with Crippen LogP contribution in [0.25, 0.3) is 21.7 Å². The highest BCUT2D eigenvalue weighted by atomic mass is 35.5. The lowest BCUT2D eigenvalue weighted by atomic mass is 10.1. The molecule has 4 heteroatoms. The highest BCUT2D eigenvalue weighted by Crippen LogP contribution is 2.28. The first-order valence-corrected chi connectivity index (χ1v) is 5.77. The molecule has 3 aromatic rings.